The quantitative estimate of drug-likeness (QED) is 0.454. The van der Waals surface area contributed by atoms with Crippen LogP contribution in [0.5, 0.6) is 23.0 Å². The van der Waals surface area contributed by atoms with Crippen LogP contribution in [0.2, 0.25) is 0 Å². The fourth-order valence-electron chi connectivity index (χ4n) is 2.16. The largest absolute Gasteiger partial charge is 0.457 e. The van der Waals surface area contributed by atoms with Gasteiger partial charge in [0.15, 0.2) is 0 Å². The first-order valence-electron chi connectivity index (χ1n) is 7.58. The van der Waals surface area contributed by atoms with Crippen LogP contribution in [0.4, 0.5) is 11.4 Å². The van der Waals surface area contributed by atoms with Crippen LogP contribution in [0.3, 0.4) is 0 Å². The van der Waals surface area contributed by atoms with E-state index in [2.05, 4.69) is 9.98 Å². The molecule has 0 N–H and O–H groups in total. The monoisotopic (exact) mass is 344 g/mol. The zero-order valence-electron chi connectivity index (χ0n) is 13.5. The first-order valence-corrected chi connectivity index (χ1v) is 7.58. The number of ether oxygens (including phenoxy) is 2. The van der Waals surface area contributed by atoms with Gasteiger partial charge in [0.2, 0.25) is 12.2 Å². The zero-order chi connectivity index (χ0) is 18.2. The van der Waals surface area contributed by atoms with Gasteiger partial charge < -0.3 is 9.47 Å². The van der Waals surface area contributed by atoms with E-state index in [9.17, 15) is 9.59 Å². The minimum Gasteiger partial charge on any atom is -0.457 e. The summed E-state index contributed by atoms with van der Waals surface area (Å²) in [6.45, 7) is 0. The van der Waals surface area contributed by atoms with Crippen LogP contribution in [0.1, 0.15) is 0 Å². The lowest BCUT2D eigenvalue weighted by Crippen LogP contribution is -1.87. The second-order valence-corrected chi connectivity index (χ2v) is 5.07. The van der Waals surface area contributed by atoms with Gasteiger partial charge in [-0.2, -0.15) is 9.98 Å². The molecule has 0 aliphatic carbocycles. The summed E-state index contributed by atoms with van der Waals surface area (Å²) in [5, 5.41) is 0. The van der Waals surface area contributed by atoms with Crippen molar-refractivity contribution in [2.24, 2.45) is 9.98 Å². The molecule has 3 aromatic rings. The highest BCUT2D eigenvalue weighted by molar-refractivity contribution is 5.51. The second-order valence-electron chi connectivity index (χ2n) is 5.07. The minimum absolute atomic E-state index is 0.506. The Morgan fingerprint density at radius 2 is 1.00 bits per heavy atom. The van der Waals surface area contributed by atoms with Crippen molar-refractivity contribution in [1.82, 2.24) is 0 Å². The Labute approximate surface area is 149 Å². The van der Waals surface area contributed by atoms with Gasteiger partial charge in [-0.15, -0.1) is 0 Å². The molecule has 0 aliphatic rings. The number of isocyanates is 2. The van der Waals surface area contributed by atoms with Gasteiger partial charge in [0.1, 0.15) is 23.0 Å². The van der Waals surface area contributed by atoms with Crippen molar-refractivity contribution in [3.05, 3.63) is 72.8 Å². The van der Waals surface area contributed by atoms with Crippen molar-refractivity contribution in [2.45, 2.75) is 0 Å². The number of hydrogen-bond donors (Lipinski definition) is 0. The maximum absolute atomic E-state index is 10.2. The Kier molecular flexibility index (Phi) is 5.33. The van der Waals surface area contributed by atoms with Crippen molar-refractivity contribution < 1.29 is 19.1 Å². The number of hydrogen-bond acceptors (Lipinski definition) is 6. The minimum atomic E-state index is 0.506. The van der Waals surface area contributed by atoms with Gasteiger partial charge in [0.05, 0.1) is 11.4 Å². The molecule has 0 bridgehead atoms. The summed E-state index contributed by atoms with van der Waals surface area (Å²) in [5.74, 6) is 2.39. The molecule has 0 aromatic heterocycles. The first kappa shape index (κ1) is 16.9. The van der Waals surface area contributed by atoms with Crippen LogP contribution in [0, 0.1) is 0 Å². The molecule has 0 radical (unpaired) electrons. The van der Waals surface area contributed by atoms with Crippen molar-refractivity contribution in [1.29, 1.82) is 0 Å². The van der Waals surface area contributed by atoms with E-state index in [0.29, 0.717) is 34.4 Å². The van der Waals surface area contributed by atoms with Crippen LogP contribution in [0.25, 0.3) is 0 Å². The summed E-state index contributed by atoms with van der Waals surface area (Å²) in [4.78, 5) is 27.5. The van der Waals surface area contributed by atoms with E-state index in [1.807, 2.05) is 0 Å². The highest BCUT2D eigenvalue weighted by Crippen LogP contribution is 2.29. The molecule has 0 aliphatic heterocycles. The molecule has 3 aromatic carbocycles. The normalized spacial score (nSPS) is 9.54. The molecule has 0 saturated heterocycles. The SMILES string of the molecule is O=C=Nc1ccc(Oc2cccc(Oc3ccc(N=C=O)cc3)c2)cc1. The maximum Gasteiger partial charge on any atom is 0.240 e. The Balaban J connectivity index is 1.71. The molecule has 0 heterocycles. The summed E-state index contributed by atoms with van der Waals surface area (Å²) in [6, 6.07) is 20.6. The maximum atomic E-state index is 10.2. The second kappa shape index (κ2) is 8.22. The molecule has 126 valence electrons. The van der Waals surface area contributed by atoms with E-state index >= 15 is 0 Å². The molecular weight excluding hydrogens is 332 g/mol. The summed E-state index contributed by atoms with van der Waals surface area (Å²) in [7, 11) is 0. The van der Waals surface area contributed by atoms with Gasteiger partial charge in [-0.05, 0) is 60.7 Å². The Hall–Kier alpha value is -3.98. The van der Waals surface area contributed by atoms with E-state index in [-0.39, 0.29) is 0 Å². The highest BCUT2D eigenvalue weighted by Gasteiger charge is 2.02. The third kappa shape index (κ3) is 4.52. The lowest BCUT2D eigenvalue weighted by atomic mass is 10.3. The van der Waals surface area contributed by atoms with Crippen molar-refractivity contribution in [2.75, 3.05) is 0 Å². The average Bonchev–Trinajstić information content (AvgIpc) is 2.66. The van der Waals surface area contributed by atoms with Crippen LogP contribution in [0.15, 0.2) is 82.8 Å². The van der Waals surface area contributed by atoms with E-state index in [4.69, 9.17) is 9.47 Å². The Bertz CT molecular complexity index is 906. The molecule has 0 unspecified atom stereocenters. The highest BCUT2D eigenvalue weighted by atomic mass is 16.5. The van der Waals surface area contributed by atoms with Gasteiger partial charge >= 0.3 is 0 Å². The van der Waals surface area contributed by atoms with Gasteiger partial charge in [0.25, 0.3) is 0 Å². The average molecular weight is 344 g/mol. The molecule has 0 saturated carbocycles. The molecule has 3 rings (SSSR count). The van der Waals surface area contributed by atoms with E-state index < -0.39 is 0 Å². The molecule has 0 spiro atoms. The van der Waals surface area contributed by atoms with Gasteiger partial charge in [-0.1, -0.05) is 6.07 Å². The lowest BCUT2D eigenvalue weighted by molar-refractivity contribution is 0.460. The van der Waals surface area contributed by atoms with Gasteiger partial charge in [0, 0.05) is 6.07 Å². The number of rotatable bonds is 6. The smallest absolute Gasteiger partial charge is 0.240 e. The third-order valence-corrected chi connectivity index (χ3v) is 3.30. The van der Waals surface area contributed by atoms with E-state index in [0.717, 1.165) is 0 Å². The van der Waals surface area contributed by atoms with Crippen LogP contribution in [-0.4, -0.2) is 12.2 Å². The standard InChI is InChI=1S/C20H12N2O4/c23-13-21-15-4-8-17(9-5-15)25-19-2-1-3-20(12-19)26-18-10-6-16(7-11-18)22-14-24/h1-12H. The predicted molar refractivity (Wildman–Crippen MR) is 95.0 cm³/mol. The molecule has 6 heteroatoms. The predicted octanol–water partition coefficient (Wildman–Crippen LogP) is 5.21. The Morgan fingerprint density at radius 3 is 1.38 bits per heavy atom. The van der Waals surface area contributed by atoms with Crippen LogP contribution >= 0.6 is 0 Å². The number of carbonyl (C=O) groups excluding carboxylic acids is 2. The topological polar surface area (TPSA) is 77.3 Å². The summed E-state index contributed by atoms with van der Waals surface area (Å²) in [5.41, 5.74) is 1.01. The summed E-state index contributed by atoms with van der Waals surface area (Å²) in [6.07, 6.45) is 2.97. The summed E-state index contributed by atoms with van der Waals surface area (Å²) < 4.78 is 11.5. The number of aliphatic imine (C=N–C) groups is 2. The lowest BCUT2D eigenvalue weighted by Gasteiger charge is -2.09. The van der Waals surface area contributed by atoms with Crippen molar-refractivity contribution in [3.8, 4) is 23.0 Å². The van der Waals surface area contributed by atoms with Crippen LogP contribution in [-0.2, 0) is 9.59 Å². The molecule has 6 nitrogen and oxygen atoms in total. The Morgan fingerprint density at radius 1 is 0.577 bits per heavy atom. The first-order chi connectivity index (χ1) is 12.8. The van der Waals surface area contributed by atoms with E-state index in [1.54, 1.807) is 72.8 Å². The zero-order valence-corrected chi connectivity index (χ0v) is 13.5. The number of benzene rings is 3. The molecular formula is C20H12N2O4. The molecule has 26 heavy (non-hydrogen) atoms. The number of nitrogens with zero attached hydrogens (tertiary/aromatic N) is 2. The molecule has 0 atom stereocenters. The van der Waals surface area contributed by atoms with Crippen LogP contribution < -0.4 is 9.47 Å². The fourth-order valence-corrected chi connectivity index (χ4v) is 2.16. The van der Waals surface area contributed by atoms with Crippen molar-refractivity contribution >= 4 is 23.5 Å². The molecule has 0 amide bonds. The van der Waals surface area contributed by atoms with Crippen molar-refractivity contribution in [3.63, 3.8) is 0 Å². The van der Waals surface area contributed by atoms with Gasteiger partial charge in [-0.25, -0.2) is 9.59 Å². The molecule has 0 fully saturated rings. The third-order valence-electron chi connectivity index (χ3n) is 3.30. The van der Waals surface area contributed by atoms with Gasteiger partial charge in [-0.3, -0.25) is 0 Å². The fraction of sp³-hybridized carbons (Fsp3) is 0. The summed E-state index contributed by atoms with van der Waals surface area (Å²) >= 11 is 0. The van der Waals surface area contributed by atoms with E-state index in [1.165, 1.54) is 12.2 Å².